The van der Waals surface area contributed by atoms with E-state index >= 15 is 0 Å². The van der Waals surface area contributed by atoms with Crippen LogP contribution in [0.3, 0.4) is 0 Å². The Bertz CT molecular complexity index is 1340. The van der Waals surface area contributed by atoms with Crippen LogP contribution in [-0.2, 0) is 14.3 Å². The lowest BCUT2D eigenvalue weighted by Crippen LogP contribution is -2.30. The normalized spacial score (nSPS) is 26.0. The van der Waals surface area contributed by atoms with Crippen LogP contribution in [0.15, 0.2) is 51.6 Å². The van der Waals surface area contributed by atoms with E-state index < -0.39 is 0 Å². The van der Waals surface area contributed by atoms with Crippen molar-refractivity contribution in [2.24, 2.45) is 16.8 Å². The van der Waals surface area contributed by atoms with Gasteiger partial charge in [-0.2, -0.15) is 0 Å². The van der Waals surface area contributed by atoms with E-state index in [1.54, 1.807) is 18.0 Å². The minimum absolute atomic E-state index is 0.0387. The molecule has 0 radical (unpaired) electrons. The number of hydrogen-bond donors (Lipinski definition) is 2. The molecule has 1 aromatic rings. The van der Waals surface area contributed by atoms with E-state index in [1.165, 1.54) is 45.2 Å². The van der Waals surface area contributed by atoms with Crippen molar-refractivity contribution in [1.29, 1.82) is 0 Å². The van der Waals surface area contributed by atoms with Crippen LogP contribution in [0.2, 0.25) is 0 Å². The van der Waals surface area contributed by atoms with Gasteiger partial charge in [0.15, 0.2) is 5.78 Å². The Hall–Kier alpha value is -2.75. The number of aliphatic imine (C=N–C) groups is 1. The molecule has 9 heteroatoms. The molecule has 8 nitrogen and oxygen atoms in total. The summed E-state index contributed by atoms with van der Waals surface area (Å²) in [5.41, 5.74) is 3.10. The second kappa shape index (κ2) is 18.7. The molecule has 1 aromatic heterocycles. The van der Waals surface area contributed by atoms with Gasteiger partial charge in [-0.25, -0.2) is 4.98 Å². The number of carbonyl (C=O) groups excluding carboxylic acids is 2. The molecule has 5 heterocycles. The minimum atomic E-state index is -0.146. The minimum Gasteiger partial charge on any atom is -0.380 e. The predicted molar refractivity (Wildman–Crippen MR) is 194 cm³/mol. The summed E-state index contributed by atoms with van der Waals surface area (Å²) in [4.78, 5) is 40.6. The Morgan fingerprint density at radius 1 is 1.06 bits per heavy atom. The fraction of sp³-hybridized carbons (Fsp3) is 0.632. The Morgan fingerprint density at radius 3 is 2.87 bits per heavy atom. The van der Waals surface area contributed by atoms with Crippen LogP contribution in [0.25, 0.3) is 4.91 Å². The average molecular weight is 662 g/mol. The number of aromatic nitrogens is 1. The maximum absolute atomic E-state index is 13.8. The third-order valence-electron chi connectivity index (χ3n) is 10.1. The van der Waals surface area contributed by atoms with Gasteiger partial charge >= 0.3 is 0 Å². The highest BCUT2D eigenvalue weighted by atomic mass is 32.2. The van der Waals surface area contributed by atoms with Gasteiger partial charge in [-0.1, -0.05) is 50.9 Å². The van der Waals surface area contributed by atoms with Crippen molar-refractivity contribution in [2.45, 2.75) is 103 Å². The summed E-state index contributed by atoms with van der Waals surface area (Å²) in [6, 6.07) is 4.22. The highest BCUT2D eigenvalue weighted by Gasteiger charge is 2.25. The molecule has 4 bridgehead atoms. The number of carbonyl (C=O) groups is 2. The zero-order chi connectivity index (χ0) is 32.8. The maximum Gasteiger partial charge on any atom is 0.252 e. The van der Waals surface area contributed by atoms with Crippen LogP contribution in [0.5, 0.6) is 0 Å². The summed E-state index contributed by atoms with van der Waals surface area (Å²) in [7, 11) is 0. The van der Waals surface area contributed by atoms with Crippen LogP contribution < -0.4 is 10.6 Å². The number of thioether (sulfide) groups is 1. The van der Waals surface area contributed by atoms with E-state index in [2.05, 4.69) is 46.5 Å². The zero-order valence-electron chi connectivity index (χ0n) is 28.6. The van der Waals surface area contributed by atoms with E-state index in [9.17, 15) is 9.59 Å². The van der Waals surface area contributed by atoms with Gasteiger partial charge in [0.2, 0.25) is 0 Å². The summed E-state index contributed by atoms with van der Waals surface area (Å²) in [5.74, 6) is 1.68. The molecule has 0 aliphatic carbocycles. The van der Waals surface area contributed by atoms with E-state index in [-0.39, 0.29) is 23.7 Å². The standard InChI is InChI=1S/C38H55N5O3S/c1-3-29-9-4-6-20-43(22-17-29)21-8-10-31-13-14-32-34(26-41-31)42-38(45)33-27-47-36(15-12-28(33)2)30-16-18-39-37(25-30)40-19-24-46-23-7-5-11-35(32)44/h15-16,18,25-29,31H,3-14,17,19-24H2,1-2H3,(H,39,40)(H,42,45). The molecule has 0 aromatic carbocycles. The third-order valence-corrected chi connectivity index (χ3v) is 11.2. The van der Waals surface area contributed by atoms with Crippen LogP contribution in [0.1, 0.15) is 103 Å². The van der Waals surface area contributed by atoms with Crippen molar-refractivity contribution >= 4 is 40.4 Å². The number of allylic oxidation sites excluding steroid dienone is 3. The third kappa shape index (κ3) is 10.9. The van der Waals surface area contributed by atoms with E-state index in [0.717, 1.165) is 78.4 Å². The fourth-order valence-electron chi connectivity index (χ4n) is 7.00. The summed E-state index contributed by atoms with van der Waals surface area (Å²) in [6.07, 6.45) is 18.8. The molecule has 4 aliphatic heterocycles. The van der Waals surface area contributed by atoms with Gasteiger partial charge in [0.1, 0.15) is 5.82 Å². The van der Waals surface area contributed by atoms with Crippen molar-refractivity contribution in [3.63, 3.8) is 0 Å². The number of anilines is 1. The van der Waals surface area contributed by atoms with Crippen molar-refractivity contribution in [1.82, 2.24) is 15.2 Å². The van der Waals surface area contributed by atoms with Gasteiger partial charge in [-0.3, -0.25) is 14.6 Å². The molecule has 0 spiro atoms. The van der Waals surface area contributed by atoms with Crippen LogP contribution >= 0.6 is 11.8 Å². The molecule has 256 valence electrons. The van der Waals surface area contributed by atoms with Crippen molar-refractivity contribution in [3.8, 4) is 0 Å². The lowest BCUT2D eigenvalue weighted by atomic mass is 9.93. The first kappa shape index (κ1) is 35.6. The summed E-state index contributed by atoms with van der Waals surface area (Å²) in [5, 5.41) is 8.50. The van der Waals surface area contributed by atoms with E-state index in [0.29, 0.717) is 38.3 Å². The first-order valence-corrected chi connectivity index (χ1v) is 19.1. The zero-order valence-corrected chi connectivity index (χ0v) is 29.4. The molecule has 1 amide bonds. The molecule has 1 saturated heterocycles. The topological polar surface area (TPSA) is 95.9 Å². The van der Waals surface area contributed by atoms with Crippen LogP contribution in [0, 0.1) is 11.8 Å². The summed E-state index contributed by atoms with van der Waals surface area (Å²) < 4.78 is 5.84. The van der Waals surface area contributed by atoms with E-state index in [4.69, 9.17) is 9.73 Å². The Kier molecular flexibility index (Phi) is 14.1. The Morgan fingerprint density at radius 2 is 1.98 bits per heavy atom. The van der Waals surface area contributed by atoms with Gasteiger partial charge in [-0.15, -0.1) is 0 Å². The first-order chi connectivity index (χ1) is 23.0. The van der Waals surface area contributed by atoms with Crippen molar-refractivity contribution in [3.05, 3.63) is 52.2 Å². The lowest BCUT2D eigenvalue weighted by Gasteiger charge is -2.28. The number of rotatable bonds is 5. The number of ketones is 1. The fourth-order valence-corrected chi connectivity index (χ4v) is 8.05. The number of nitrogens with zero attached hydrogens (tertiary/aromatic N) is 3. The number of hydrogen-bond acceptors (Lipinski definition) is 8. The molecule has 0 saturated carbocycles. The maximum atomic E-state index is 13.8. The second-order valence-electron chi connectivity index (χ2n) is 13.6. The second-order valence-corrected chi connectivity index (χ2v) is 14.5. The number of nitrogens with one attached hydrogen (secondary N) is 2. The van der Waals surface area contributed by atoms with Gasteiger partial charge in [0, 0.05) is 48.0 Å². The number of ether oxygens (including phenoxy) is 1. The van der Waals surface area contributed by atoms with Gasteiger partial charge in [0.05, 0.1) is 18.3 Å². The monoisotopic (exact) mass is 661 g/mol. The average Bonchev–Trinajstić information content (AvgIpc) is 3.39. The number of amides is 1. The largest absolute Gasteiger partial charge is 0.380 e. The smallest absolute Gasteiger partial charge is 0.252 e. The first-order valence-electron chi connectivity index (χ1n) is 18.2. The molecular weight excluding hydrogens is 607 g/mol. The van der Waals surface area contributed by atoms with Crippen molar-refractivity contribution in [2.75, 3.05) is 44.7 Å². The van der Waals surface area contributed by atoms with Gasteiger partial charge in [-0.05, 0) is 112 Å². The summed E-state index contributed by atoms with van der Waals surface area (Å²) >= 11 is 1.57. The summed E-state index contributed by atoms with van der Waals surface area (Å²) in [6.45, 7) is 9.80. The van der Waals surface area contributed by atoms with Gasteiger partial charge in [0.25, 0.3) is 5.91 Å². The highest BCUT2D eigenvalue weighted by molar-refractivity contribution is 8.11. The SMILES string of the molecule is CCC1CCCCN(CCCC2CCC3=C(C=N2)NC(=O)C2=CSC(=CCC2C)c2ccnc(c2)NCCOCCCCC3=O)CC1. The molecule has 3 atom stereocenters. The molecular formula is C38H55N5O3S. The lowest BCUT2D eigenvalue weighted by molar-refractivity contribution is -0.117. The number of fused-ring (bicyclic) bond motifs is 5. The van der Waals surface area contributed by atoms with Crippen molar-refractivity contribution < 1.29 is 14.3 Å². The Balaban J connectivity index is 1.28. The quantitative estimate of drug-likeness (QED) is 0.337. The van der Waals surface area contributed by atoms with Gasteiger partial charge < -0.3 is 20.3 Å². The van der Waals surface area contributed by atoms with Crippen LogP contribution in [-0.4, -0.2) is 73.2 Å². The molecule has 2 N–H and O–H groups in total. The molecule has 5 rings (SSSR count). The van der Waals surface area contributed by atoms with Crippen LogP contribution in [0.4, 0.5) is 5.82 Å². The molecule has 4 aliphatic rings. The number of pyridine rings is 1. The van der Waals surface area contributed by atoms with E-state index in [1.807, 2.05) is 17.7 Å². The molecule has 1 fully saturated rings. The number of likely N-dealkylation sites (tertiary alicyclic amines) is 1. The number of Topliss-reactive ketones (excluding diaryl/α,β-unsaturated/α-hetero) is 1. The highest BCUT2D eigenvalue weighted by Crippen LogP contribution is 2.36. The Labute approximate surface area is 286 Å². The predicted octanol–water partition coefficient (Wildman–Crippen LogP) is 7.55. The molecule has 47 heavy (non-hydrogen) atoms. The molecule has 3 unspecified atom stereocenters.